The van der Waals surface area contributed by atoms with Gasteiger partial charge < -0.3 is 14.8 Å². The van der Waals surface area contributed by atoms with Crippen molar-refractivity contribution in [3.05, 3.63) is 24.3 Å². The Hall–Kier alpha value is -2.29. The summed E-state index contributed by atoms with van der Waals surface area (Å²) in [7, 11) is -3.91. The summed E-state index contributed by atoms with van der Waals surface area (Å²) in [6.07, 6.45) is 0.00706. The molecular weight excluding hydrogens is 348 g/mol. The van der Waals surface area contributed by atoms with Gasteiger partial charge in [0.05, 0.1) is 12.7 Å². The summed E-state index contributed by atoms with van der Waals surface area (Å²) in [5, 5.41) is 2.28. The first kappa shape index (κ1) is 20.8. The third-order valence-corrected chi connectivity index (χ3v) is 4.03. The molecule has 2 N–H and O–H groups in total. The molecule has 1 aromatic rings. The molecular formula is C16H24N2O6S. The Kier molecular flexibility index (Phi) is 7.69. The molecule has 0 fully saturated rings. The summed E-state index contributed by atoms with van der Waals surface area (Å²) >= 11 is 0. The molecule has 0 heterocycles. The maximum Gasteiger partial charge on any atom is 0.328 e. The number of amides is 1. The summed E-state index contributed by atoms with van der Waals surface area (Å²) in [6, 6.07) is 5.40. The highest BCUT2D eigenvalue weighted by molar-refractivity contribution is 7.93. The standard InChI is InChI=1S/C16H24N2O6S/c1-5-23-16(20)12(4)17-15(19)10-25(21,22)18-13-6-8-14(9-7-13)24-11(2)3/h6-9,11-12,18H,5,10H2,1-4H3,(H,17,19). The summed E-state index contributed by atoms with van der Waals surface area (Å²) in [6.45, 7) is 7.00. The van der Waals surface area contributed by atoms with Crippen LogP contribution in [-0.2, 0) is 24.3 Å². The highest BCUT2D eigenvalue weighted by atomic mass is 32.2. The van der Waals surface area contributed by atoms with Crippen molar-refractivity contribution in [1.82, 2.24) is 5.32 Å². The van der Waals surface area contributed by atoms with Crippen LogP contribution in [0.4, 0.5) is 5.69 Å². The minimum Gasteiger partial charge on any atom is -0.491 e. The van der Waals surface area contributed by atoms with Crippen molar-refractivity contribution >= 4 is 27.6 Å². The number of anilines is 1. The molecule has 0 saturated carbocycles. The number of nitrogens with one attached hydrogen (secondary N) is 2. The van der Waals surface area contributed by atoms with Crippen molar-refractivity contribution in [2.75, 3.05) is 17.1 Å². The van der Waals surface area contributed by atoms with Gasteiger partial charge in [0.15, 0.2) is 0 Å². The molecule has 0 aromatic heterocycles. The first-order valence-corrected chi connectivity index (χ1v) is 9.51. The van der Waals surface area contributed by atoms with Gasteiger partial charge in [0.2, 0.25) is 15.9 Å². The fourth-order valence-electron chi connectivity index (χ4n) is 1.87. The first-order chi connectivity index (χ1) is 11.6. The van der Waals surface area contributed by atoms with Crippen LogP contribution in [0.25, 0.3) is 0 Å². The molecule has 1 rings (SSSR count). The summed E-state index contributed by atoms with van der Waals surface area (Å²) < 4.78 is 36.6. The minimum absolute atomic E-state index is 0.00706. The lowest BCUT2D eigenvalue weighted by Crippen LogP contribution is -2.43. The maximum atomic E-state index is 12.0. The Morgan fingerprint density at radius 1 is 1.12 bits per heavy atom. The molecule has 1 amide bonds. The van der Waals surface area contributed by atoms with E-state index in [-0.39, 0.29) is 12.7 Å². The monoisotopic (exact) mass is 372 g/mol. The van der Waals surface area contributed by atoms with E-state index in [2.05, 4.69) is 10.0 Å². The number of hydrogen-bond donors (Lipinski definition) is 2. The molecule has 0 radical (unpaired) electrons. The molecule has 9 heteroatoms. The molecule has 8 nitrogen and oxygen atoms in total. The van der Waals surface area contributed by atoms with Crippen LogP contribution >= 0.6 is 0 Å². The van der Waals surface area contributed by atoms with Crippen LogP contribution < -0.4 is 14.8 Å². The average molecular weight is 372 g/mol. The van der Waals surface area contributed by atoms with Crippen LogP contribution in [0.2, 0.25) is 0 Å². The van der Waals surface area contributed by atoms with Crippen LogP contribution in [0.5, 0.6) is 5.75 Å². The number of benzene rings is 1. The predicted octanol–water partition coefficient (Wildman–Crippen LogP) is 1.28. The molecule has 0 aliphatic heterocycles. The fraction of sp³-hybridized carbons (Fsp3) is 0.500. The van der Waals surface area contributed by atoms with Crippen LogP contribution in [-0.4, -0.2) is 44.8 Å². The van der Waals surface area contributed by atoms with E-state index in [4.69, 9.17) is 9.47 Å². The Bertz CT molecular complexity index is 685. The second kappa shape index (κ2) is 9.26. The van der Waals surface area contributed by atoms with Gasteiger partial charge in [-0.2, -0.15) is 0 Å². The summed E-state index contributed by atoms with van der Waals surface area (Å²) in [5.41, 5.74) is 0.308. The van der Waals surface area contributed by atoms with E-state index >= 15 is 0 Å². The molecule has 25 heavy (non-hydrogen) atoms. The summed E-state index contributed by atoms with van der Waals surface area (Å²) in [4.78, 5) is 23.2. The van der Waals surface area contributed by atoms with Gasteiger partial charge in [0, 0.05) is 5.69 Å². The van der Waals surface area contributed by atoms with E-state index in [0.29, 0.717) is 11.4 Å². The quantitative estimate of drug-likeness (QED) is 0.632. The van der Waals surface area contributed by atoms with Crippen LogP contribution in [0.1, 0.15) is 27.7 Å². The minimum atomic E-state index is -3.91. The van der Waals surface area contributed by atoms with Crippen LogP contribution in [0.15, 0.2) is 24.3 Å². The highest BCUT2D eigenvalue weighted by Crippen LogP contribution is 2.17. The number of carbonyl (C=O) groups is 2. The molecule has 1 aromatic carbocycles. The SMILES string of the molecule is CCOC(=O)C(C)NC(=O)CS(=O)(=O)Nc1ccc(OC(C)C)cc1. The number of rotatable bonds is 9. The van der Waals surface area contributed by atoms with E-state index in [9.17, 15) is 18.0 Å². The van der Waals surface area contributed by atoms with Gasteiger partial charge in [-0.15, -0.1) is 0 Å². The number of sulfonamides is 1. The second-order valence-corrected chi connectivity index (χ2v) is 7.32. The van der Waals surface area contributed by atoms with Crippen molar-refractivity contribution in [1.29, 1.82) is 0 Å². The van der Waals surface area contributed by atoms with Gasteiger partial charge >= 0.3 is 5.97 Å². The van der Waals surface area contributed by atoms with Crippen molar-refractivity contribution in [3.8, 4) is 5.75 Å². The third-order valence-electron chi connectivity index (χ3n) is 2.84. The van der Waals surface area contributed by atoms with E-state index in [0.717, 1.165) is 0 Å². The Balaban J connectivity index is 2.60. The molecule has 0 aliphatic rings. The molecule has 0 bridgehead atoms. The predicted molar refractivity (Wildman–Crippen MR) is 93.9 cm³/mol. The largest absolute Gasteiger partial charge is 0.491 e. The zero-order valence-corrected chi connectivity index (χ0v) is 15.6. The smallest absolute Gasteiger partial charge is 0.328 e. The first-order valence-electron chi connectivity index (χ1n) is 7.86. The summed E-state index contributed by atoms with van der Waals surface area (Å²) in [5.74, 6) is -1.62. The third kappa shape index (κ3) is 7.88. The van der Waals surface area contributed by atoms with Crippen molar-refractivity contribution in [2.45, 2.75) is 39.8 Å². The van der Waals surface area contributed by atoms with Crippen LogP contribution in [0.3, 0.4) is 0 Å². The average Bonchev–Trinajstić information content (AvgIpc) is 2.47. The van der Waals surface area contributed by atoms with E-state index in [1.165, 1.54) is 19.1 Å². The van der Waals surface area contributed by atoms with Gasteiger partial charge in [0.25, 0.3) is 0 Å². The Labute approximate surface area is 147 Å². The normalized spacial score (nSPS) is 12.4. The van der Waals surface area contributed by atoms with Gasteiger partial charge in [-0.05, 0) is 52.0 Å². The molecule has 1 unspecified atom stereocenters. The molecule has 0 saturated heterocycles. The van der Waals surface area contributed by atoms with Crippen molar-refractivity contribution in [2.24, 2.45) is 0 Å². The highest BCUT2D eigenvalue weighted by Gasteiger charge is 2.21. The Morgan fingerprint density at radius 2 is 1.72 bits per heavy atom. The molecule has 0 spiro atoms. The second-order valence-electron chi connectivity index (χ2n) is 5.59. The fourth-order valence-corrected chi connectivity index (χ4v) is 2.87. The van der Waals surface area contributed by atoms with Gasteiger partial charge in [-0.3, -0.25) is 9.52 Å². The number of carbonyl (C=O) groups excluding carboxylic acids is 2. The lowest BCUT2D eigenvalue weighted by molar-refractivity contribution is -0.146. The zero-order chi connectivity index (χ0) is 19.0. The number of ether oxygens (including phenoxy) is 2. The molecule has 0 aliphatic carbocycles. The molecule has 1 atom stereocenters. The number of hydrogen-bond acceptors (Lipinski definition) is 6. The van der Waals surface area contributed by atoms with Crippen molar-refractivity contribution in [3.63, 3.8) is 0 Å². The van der Waals surface area contributed by atoms with Gasteiger partial charge in [-0.25, -0.2) is 13.2 Å². The topological polar surface area (TPSA) is 111 Å². The van der Waals surface area contributed by atoms with Gasteiger partial charge in [-0.1, -0.05) is 0 Å². The van der Waals surface area contributed by atoms with E-state index in [1.54, 1.807) is 19.1 Å². The van der Waals surface area contributed by atoms with E-state index < -0.39 is 33.7 Å². The maximum absolute atomic E-state index is 12.0. The Morgan fingerprint density at radius 3 is 2.24 bits per heavy atom. The van der Waals surface area contributed by atoms with Crippen molar-refractivity contribution < 1.29 is 27.5 Å². The van der Waals surface area contributed by atoms with E-state index in [1.807, 2.05) is 13.8 Å². The van der Waals surface area contributed by atoms with Gasteiger partial charge in [0.1, 0.15) is 17.5 Å². The lowest BCUT2D eigenvalue weighted by Gasteiger charge is -2.14. The number of esters is 1. The van der Waals surface area contributed by atoms with Crippen LogP contribution in [0, 0.1) is 0 Å². The zero-order valence-electron chi connectivity index (χ0n) is 14.7. The lowest BCUT2D eigenvalue weighted by atomic mass is 10.3. The molecule has 140 valence electrons.